The van der Waals surface area contributed by atoms with Crippen LogP contribution in [0.4, 0.5) is 0 Å². The normalized spacial score (nSPS) is 11.3. The molecule has 1 amide bonds. The third kappa shape index (κ3) is 5.37. The molecule has 0 unspecified atom stereocenters. The van der Waals surface area contributed by atoms with Crippen molar-refractivity contribution in [3.63, 3.8) is 0 Å². The van der Waals surface area contributed by atoms with Crippen molar-refractivity contribution in [3.05, 3.63) is 71.3 Å². The average molecular weight is 312 g/mol. The maximum absolute atomic E-state index is 11.8. The summed E-state index contributed by atoms with van der Waals surface area (Å²) in [5.74, 6) is 1.15. The van der Waals surface area contributed by atoms with Gasteiger partial charge in [-0.15, -0.1) is 11.8 Å². The molecule has 0 aliphatic carbocycles. The van der Waals surface area contributed by atoms with E-state index in [1.165, 1.54) is 11.1 Å². The number of nitrogens with one attached hydrogen (secondary N) is 1. The van der Waals surface area contributed by atoms with E-state index in [0.29, 0.717) is 5.75 Å². The maximum Gasteiger partial charge on any atom is 0.250 e. The minimum absolute atomic E-state index is 0.0765. The fraction of sp³-hybridized carbons (Fsp3) is 0.222. The van der Waals surface area contributed by atoms with Gasteiger partial charge in [0.15, 0.2) is 0 Å². The van der Waals surface area contributed by atoms with Crippen molar-refractivity contribution in [2.24, 2.45) is 5.10 Å². The molecule has 0 atom stereocenters. The van der Waals surface area contributed by atoms with Gasteiger partial charge in [0.2, 0.25) is 5.91 Å². The first kappa shape index (κ1) is 16.3. The van der Waals surface area contributed by atoms with Crippen molar-refractivity contribution in [1.82, 2.24) is 5.43 Å². The van der Waals surface area contributed by atoms with Gasteiger partial charge >= 0.3 is 0 Å². The molecule has 1 N–H and O–H groups in total. The summed E-state index contributed by atoms with van der Waals surface area (Å²) in [6.45, 7) is 3.95. The van der Waals surface area contributed by atoms with Crippen molar-refractivity contribution >= 4 is 23.4 Å². The van der Waals surface area contributed by atoms with Gasteiger partial charge in [0.1, 0.15) is 0 Å². The largest absolute Gasteiger partial charge is 0.272 e. The second-order valence-corrected chi connectivity index (χ2v) is 6.06. The van der Waals surface area contributed by atoms with Gasteiger partial charge in [0.25, 0.3) is 0 Å². The van der Waals surface area contributed by atoms with Crippen molar-refractivity contribution in [2.45, 2.75) is 19.6 Å². The summed E-state index contributed by atoms with van der Waals surface area (Å²) in [4.78, 5) is 11.8. The Bertz CT molecular complexity index is 636. The highest BCUT2D eigenvalue weighted by molar-refractivity contribution is 7.99. The van der Waals surface area contributed by atoms with Gasteiger partial charge < -0.3 is 0 Å². The number of hydrogen-bond donors (Lipinski definition) is 1. The first-order valence-electron chi connectivity index (χ1n) is 7.17. The number of amides is 1. The van der Waals surface area contributed by atoms with E-state index in [4.69, 9.17) is 0 Å². The predicted molar refractivity (Wildman–Crippen MR) is 94.1 cm³/mol. The Kier molecular flexibility index (Phi) is 6.22. The molecule has 114 valence electrons. The lowest BCUT2D eigenvalue weighted by Crippen LogP contribution is -2.21. The zero-order chi connectivity index (χ0) is 15.8. The van der Waals surface area contributed by atoms with E-state index in [1.54, 1.807) is 11.8 Å². The molecule has 0 heterocycles. The van der Waals surface area contributed by atoms with Crippen molar-refractivity contribution < 1.29 is 4.79 Å². The minimum atomic E-state index is -0.0765. The topological polar surface area (TPSA) is 41.5 Å². The molecular weight excluding hydrogens is 292 g/mol. The number of carbonyl (C=O) groups excluding carboxylic acids is 1. The fourth-order valence-corrected chi connectivity index (χ4v) is 2.65. The van der Waals surface area contributed by atoms with Crippen molar-refractivity contribution in [2.75, 3.05) is 5.75 Å². The molecule has 22 heavy (non-hydrogen) atoms. The molecule has 0 aliphatic heterocycles. The average Bonchev–Trinajstić information content (AvgIpc) is 2.55. The van der Waals surface area contributed by atoms with Crippen LogP contribution in [0.2, 0.25) is 0 Å². The number of aryl methyl sites for hydroxylation is 1. The van der Waals surface area contributed by atoms with Gasteiger partial charge in [0, 0.05) is 5.75 Å². The Hall–Kier alpha value is -2.07. The summed E-state index contributed by atoms with van der Waals surface area (Å²) in [5.41, 5.74) is 6.89. The lowest BCUT2D eigenvalue weighted by Gasteiger charge is -2.04. The second kappa shape index (κ2) is 8.39. The number of carbonyl (C=O) groups is 1. The fourth-order valence-electron chi connectivity index (χ4n) is 1.87. The van der Waals surface area contributed by atoms with Crippen LogP contribution in [0.5, 0.6) is 0 Å². The van der Waals surface area contributed by atoms with E-state index in [0.717, 1.165) is 17.0 Å². The monoisotopic (exact) mass is 312 g/mol. The predicted octanol–water partition coefficient (Wildman–Crippen LogP) is 3.77. The highest BCUT2D eigenvalue weighted by Crippen LogP contribution is 2.12. The summed E-state index contributed by atoms with van der Waals surface area (Å²) < 4.78 is 0. The summed E-state index contributed by atoms with van der Waals surface area (Å²) >= 11 is 1.59. The molecule has 2 aromatic carbocycles. The molecule has 2 aromatic rings. The van der Waals surface area contributed by atoms with Crippen LogP contribution in [-0.4, -0.2) is 17.4 Å². The zero-order valence-corrected chi connectivity index (χ0v) is 13.7. The van der Waals surface area contributed by atoms with Gasteiger partial charge in [-0.2, -0.15) is 5.10 Å². The molecule has 0 saturated heterocycles. The molecule has 0 fully saturated rings. The molecule has 0 aromatic heterocycles. The summed E-state index contributed by atoms with van der Waals surface area (Å²) in [6, 6.07) is 18.2. The van der Waals surface area contributed by atoms with Gasteiger partial charge in [-0.3, -0.25) is 4.79 Å². The second-order valence-electron chi connectivity index (χ2n) is 5.08. The molecule has 3 nitrogen and oxygen atoms in total. The minimum Gasteiger partial charge on any atom is -0.272 e. The van der Waals surface area contributed by atoms with Gasteiger partial charge in [-0.05, 0) is 25.0 Å². The van der Waals surface area contributed by atoms with Crippen molar-refractivity contribution in [1.29, 1.82) is 0 Å². The lowest BCUT2D eigenvalue weighted by atomic mass is 10.1. The van der Waals surface area contributed by atoms with Crippen LogP contribution in [-0.2, 0) is 10.5 Å². The Labute approximate surface area is 135 Å². The summed E-state index contributed by atoms with van der Waals surface area (Å²) in [5, 5.41) is 4.14. The highest BCUT2D eigenvalue weighted by Gasteiger charge is 2.02. The van der Waals surface area contributed by atoms with E-state index >= 15 is 0 Å². The van der Waals surface area contributed by atoms with Crippen LogP contribution in [0.15, 0.2) is 59.7 Å². The smallest absolute Gasteiger partial charge is 0.250 e. The Morgan fingerprint density at radius 1 is 1.09 bits per heavy atom. The Morgan fingerprint density at radius 2 is 1.77 bits per heavy atom. The van der Waals surface area contributed by atoms with Crippen LogP contribution in [0.1, 0.15) is 23.6 Å². The first-order valence-corrected chi connectivity index (χ1v) is 8.32. The third-order valence-corrected chi connectivity index (χ3v) is 4.17. The number of benzene rings is 2. The number of thioether (sulfide) groups is 1. The molecular formula is C18H20N2OS. The number of nitrogens with zero attached hydrogens (tertiary/aromatic N) is 1. The van der Waals surface area contributed by atoms with Crippen LogP contribution in [0, 0.1) is 6.92 Å². The molecule has 0 saturated carbocycles. The van der Waals surface area contributed by atoms with Crippen LogP contribution in [0.25, 0.3) is 0 Å². The molecule has 0 aliphatic rings. The van der Waals surface area contributed by atoms with E-state index in [9.17, 15) is 4.79 Å². The zero-order valence-electron chi connectivity index (χ0n) is 12.9. The number of rotatable bonds is 6. The molecule has 0 spiro atoms. The SMILES string of the molecule is C/C(=N/NC(=O)CSCc1ccc(C)cc1)c1ccccc1. The first-order chi connectivity index (χ1) is 10.6. The highest BCUT2D eigenvalue weighted by atomic mass is 32.2. The van der Waals surface area contributed by atoms with Crippen LogP contribution >= 0.6 is 11.8 Å². The van der Waals surface area contributed by atoms with E-state index in [-0.39, 0.29) is 5.91 Å². The van der Waals surface area contributed by atoms with E-state index in [2.05, 4.69) is 41.7 Å². The molecule has 0 bridgehead atoms. The van der Waals surface area contributed by atoms with Crippen molar-refractivity contribution in [3.8, 4) is 0 Å². The van der Waals surface area contributed by atoms with E-state index in [1.807, 2.05) is 37.3 Å². The number of hydrogen-bond acceptors (Lipinski definition) is 3. The summed E-state index contributed by atoms with van der Waals surface area (Å²) in [7, 11) is 0. The third-order valence-electron chi connectivity index (χ3n) is 3.16. The quantitative estimate of drug-likeness (QED) is 0.651. The summed E-state index contributed by atoms with van der Waals surface area (Å²) in [6.07, 6.45) is 0. The maximum atomic E-state index is 11.8. The lowest BCUT2D eigenvalue weighted by molar-refractivity contribution is -0.118. The molecule has 4 heteroatoms. The number of hydrazone groups is 1. The van der Waals surface area contributed by atoms with Gasteiger partial charge in [0.05, 0.1) is 11.5 Å². The standard InChI is InChI=1S/C18H20N2OS/c1-14-8-10-16(11-9-14)12-22-13-18(21)20-19-15(2)17-6-4-3-5-7-17/h3-11H,12-13H2,1-2H3,(H,20,21)/b19-15-. The van der Waals surface area contributed by atoms with Crippen LogP contribution < -0.4 is 5.43 Å². The van der Waals surface area contributed by atoms with Gasteiger partial charge in [-0.1, -0.05) is 60.2 Å². The van der Waals surface area contributed by atoms with Crippen LogP contribution in [0.3, 0.4) is 0 Å². The molecule has 2 rings (SSSR count). The Balaban J connectivity index is 1.75. The Morgan fingerprint density at radius 3 is 2.45 bits per heavy atom. The van der Waals surface area contributed by atoms with E-state index < -0.39 is 0 Å². The van der Waals surface area contributed by atoms with Gasteiger partial charge in [-0.25, -0.2) is 5.43 Å². The molecule has 0 radical (unpaired) electrons.